The molecule has 1 heterocycles. The SMILES string of the molecule is O=S(=O)(Cc1ccccc1)Nc1cc(Cl)c(Cl)cc1NS(=O)(=O)c1cccs1. The Kier molecular flexibility index (Phi) is 6.21. The molecule has 0 saturated carbocycles. The van der Waals surface area contributed by atoms with Crippen LogP contribution in [-0.4, -0.2) is 16.8 Å². The maximum absolute atomic E-state index is 12.5. The number of halogens is 2. The lowest BCUT2D eigenvalue weighted by Gasteiger charge is -2.15. The summed E-state index contributed by atoms with van der Waals surface area (Å²) in [6.45, 7) is 0. The summed E-state index contributed by atoms with van der Waals surface area (Å²) in [6.07, 6.45) is 0. The summed E-state index contributed by atoms with van der Waals surface area (Å²) in [5.74, 6) is -0.287. The van der Waals surface area contributed by atoms with Crippen LogP contribution in [0.5, 0.6) is 0 Å². The summed E-state index contributed by atoms with van der Waals surface area (Å²) < 4.78 is 54.9. The van der Waals surface area contributed by atoms with E-state index in [1.54, 1.807) is 41.8 Å². The molecule has 0 saturated heterocycles. The van der Waals surface area contributed by atoms with E-state index in [-0.39, 0.29) is 31.4 Å². The van der Waals surface area contributed by atoms with E-state index in [4.69, 9.17) is 23.2 Å². The highest BCUT2D eigenvalue weighted by atomic mass is 35.5. The standard InChI is InChI=1S/C17H14Cl2N2O4S3/c18-13-9-15(20-27(22,23)11-12-5-2-1-3-6-12)16(10-14(13)19)21-28(24,25)17-7-4-8-26-17/h1-10,20-21H,11H2. The molecule has 148 valence electrons. The highest BCUT2D eigenvalue weighted by molar-refractivity contribution is 7.94. The van der Waals surface area contributed by atoms with Crippen LogP contribution in [0.1, 0.15) is 5.56 Å². The minimum absolute atomic E-state index is 0.0227. The lowest BCUT2D eigenvalue weighted by atomic mass is 10.2. The molecule has 0 aliphatic carbocycles. The zero-order chi connectivity index (χ0) is 20.4. The topological polar surface area (TPSA) is 92.3 Å². The molecule has 0 spiro atoms. The van der Waals surface area contributed by atoms with Gasteiger partial charge in [-0.25, -0.2) is 16.8 Å². The highest BCUT2D eigenvalue weighted by Gasteiger charge is 2.21. The largest absolute Gasteiger partial charge is 0.281 e. The minimum atomic E-state index is -3.90. The summed E-state index contributed by atoms with van der Waals surface area (Å²) in [7, 11) is -7.74. The van der Waals surface area contributed by atoms with E-state index in [9.17, 15) is 16.8 Å². The normalized spacial score (nSPS) is 11.9. The molecule has 0 aliphatic heterocycles. The number of thiophene rings is 1. The van der Waals surface area contributed by atoms with Gasteiger partial charge in [-0.2, -0.15) is 0 Å². The van der Waals surface area contributed by atoms with E-state index in [2.05, 4.69) is 9.44 Å². The summed E-state index contributed by atoms with van der Waals surface area (Å²) in [5.41, 5.74) is 0.528. The van der Waals surface area contributed by atoms with E-state index in [0.717, 1.165) is 11.3 Å². The molecule has 0 radical (unpaired) electrons. The van der Waals surface area contributed by atoms with E-state index in [1.165, 1.54) is 18.2 Å². The first-order valence-electron chi connectivity index (χ1n) is 7.76. The van der Waals surface area contributed by atoms with Crippen LogP contribution in [0, 0.1) is 0 Å². The number of sulfonamides is 2. The number of hydrogen-bond acceptors (Lipinski definition) is 5. The van der Waals surface area contributed by atoms with Crippen molar-refractivity contribution >= 4 is 66.0 Å². The van der Waals surface area contributed by atoms with Gasteiger partial charge in [0.15, 0.2) is 0 Å². The van der Waals surface area contributed by atoms with Gasteiger partial charge in [0.1, 0.15) is 4.21 Å². The van der Waals surface area contributed by atoms with Crippen LogP contribution < -0.4 is 9.44 Å². The van der Waals surface area contributed by atoms with Gasteiger partial charge in [0, 0.05) is 0 Å². The van der Waals surface area contributed by atoms with Crippen molar-refractivity contribution in [3.63, 3.8) is 0 Å². The molecule has 11 heteroatoms. The monoisotopic (exact) mass is 476 g/mol. The third kappa shape index (κ3) is 5.18. The van der Waals surface area contributed by atoms with Gasteiger partial charge < -0.3 is 0 Å². The zero-order valence-electron chi connectivity index (χ0n) is 14.1. The van der Waals surface area contributed by atoms with Crippen LogP contribution in [0.3, 0.4) is 0 Å². The fourth-order valence-electron chi connectivity index (χ4n) is 2.32. The molecular weight excluding hydrogens is 463 g/mol. The molecule has 0 aliphatic rings. The van der Waals surface area contributed by atoms with Crippen LogP contribution in [0.2, 0.25) is 10.0 Å². The molecule has 0 atom stereocenters. The molecule has 3 aromatic rings. The molecule has 3 rings (SSSR count). The lowest BCUT2D eigenvalue weighted by Crippen LogP contribution is -2.18. The first-order chi connectivity index (χ1) is 13.2. The predicted octanol–water partition coefficient (Wildman–Crippen LogP) is 4.80. The molecular formula is C17H14Cl2N2O4S3. The van der Waals surface area contributed by atoms with Gasteiger partial charge in [-0.3, -0.25) is 9.44 Å². The number of anilines is 2. The summed E-state index contributed by atoms with van der Waals surface area (Å²) in [6, 6.07) is 14.1. The van der Waals surface area contributed by atoms with Crippen molar-refractivity contribution in [1.29, 1.82) is 0 Å². The van der Waals surface area contributed by atoms with Crippen molar-refractivity contribution in [2.24, 2.45) is 0 Å². The van der Waals surface area contributed by atoms with Gasteiger partial charge >= 0.3 is 0 Å². The van der Waals surface area contributed by atoms with Gasteiger partial charge in [-0.15, -0.1) is 11.3 Å². The van der Waals surface area contributed by atoms with E-state index in [1.807, 2.05) is 0 Å². The maximum atomic E-state index is 12.5. The summed E-state index contributed by atoms with van der Waals surface area (Å²) in [4.78, 5) is 0. The average molecular weight is 477 g/mol. The van der Waals surface area contributed by atoms with Crippen LogP contribution >= 0.6 is 34.5 Å². The van der Waals surface area contributed by atoms with Crippen LogP contribution in [0.15, 0.2) is 64.2 Å². The fraction of sp³-hybridized carbons (Fsp3) is 0.0588. The number of benzene rings is 2. The van der Waals surface area contributed by atoms with Gasteiger partial charge in [-0.05, 0) is 29.1 Å². The second kappa shape index (κ2) is 8.30. The van der Waals surface area contributed by atoms with Crippen molar-refractivity contribution in [1.82, 2.24) is 0 Å². The fourth-order valence-corrected chi connectivity index (χ4v) is 5.92. The van der Waals surface area contributed by atoms with E-state index in [0.29, 0.717) is 5.56 Å². The Labute approximate surface area is 177 Å². The number of hydrogen-bond donors (Lipinski definition) is 2. The quantitative estimate of drug-likeness (QED) is 0.512. The predicted molar refractivity (Wildman–Crippen MR) is 114 cm³/mol. The van der Waals surface area contributed by atoms with Gasteiger partial charge in [0.05, 0.1) is 27.2 Å². The second-order valence-electron chi connectivity index (χ2n) is 5.70. The molecule has 2 aromatic carbocycles. The summed E-state index contributed by atoms with van der Waals surface area (Å²) >= 11 is 13.0. The number of rotatable bonds is 7. The molecule has 0 amide bonds. The molecule has 6 nitrogen and oxygen atoms in total. The first-order valence-corrected chi connectivity index (χ1v) is 12.5. The van der Waals surface area contributed by atoms with Crippen LogP contribution in [-0.2, 0) is 25.8 Å². The van der Waals surface area contributed by atoms with Crippen molar-refractivity contribution in [2.45, 2.75) is 9.96 Å². The van der Waals surface area contributed by atoms with E-state index < -0.39 is 20.0 Å². The molecule has 0 fully saturated rings. The second-order valence-corrected chi connectivity index (χ2v) is 11.1. The third-order valence-corrected chi connectivity index (χ3v) is 8.26. The lowest BCUT2D eigenvalue weighted by molar-refractivity contribution is 0.599. The van der Waals surface area contributed by atoms with E-state index >= 15 is 0 Å². The van der Waals surface area contributed by atoms with Gasteiger partial charge in [0.2, 0.25) is 10.0 Å². The Hall–Kier alpha value is -1.78. The van der Waals surface area contributed by atoms with Crippen LogP contribution in [0.4, 0.5) is 11.4 Å². The molecule has 28 heavy (non-hydrogen) atoms. The maximum Gasteiger partial charge on any atom is 0.271 e. The Morgan fingerprint density at radius 1 is 0.821 bits per heavy atom. The zero-order valence-corrected chi connectivity index (χ0v) is 18.1. The average Bonchev–Trinajstić information content (AvgIpc) is 3.15. The smallest absolute Gasteiger partial charge is 0.271 e. The van der Waals surface area contributed by atoms with Crippen molar-refractivity contribution < 1.29 is 16.8 Å². The Balaban J connectivity index is 1.93. The van der Waals surface area contributed by atoms with Crippen molar-refractivity contribution in [3.8, 4) is 0 Å². The van der Waals surface area contributed by atoms with Gasteiger partial charge in [0.25, 0.3) is 10.0 Å². The molecule has 2 N–H and O–H groups in total. The minimum Gasteiger partial charge on any atom is -0.281 e. The van der Waals surface area contributed by atoms with Gasteiger partial charge in [-0.1, -0.05) is 59.6 Å². The number of nitrogens with one attached hydrogen (secondary N) is 2. The Bertz CT molecular complexity index is 1180. The molecule has 0 unspecified atom stereocenters. The molecule has 0 bridgehead atoms. The van der Waals surface area contributed by atoms with Crippen LogP contribution in [0.25, 0.3) is 0 Å². The van der Waals surface area contributed by atoms with Crippen molar-refractivity contribution in [3.05, 3.63) is 75.6 Å². The Morgan fingerprint density at radius 3 is 2.00 bits per heavy atom. The summed E-state index contributed by atoms with van der Waals surface area (Å²) in [5, 5.41) is 1.78. The molecule has 1 aromatic heterocycles. The van der Waals surface area contributed by atoms with Crippen molar-refractivity contribution in [2.75, 3.05) is 9.44 Å². The third-order valence-electron chi connectivity index (χ3n) is 3.53. The highest BCUT2D eigenvalue weighted by Crippen LogP contribution is 2.35. The Morgan fingerprint density at radius 2 is 1.43 bits per heavy atom. The first kappa shape index (κ1) is 20.9.